The van der Waals surface area contributed by atoms with Crippen molar-refractivity contribution in [2.45, 2.75) is 13.3 Å². The van der Waals surface area contributed by atoms with Crippen LogP contribution in [0.5, 0.6) is 5.75 Å². The Hall–Kier alpha value is -1.62. The topological polar surface area (TPSA) is 32.8 Å². The molecule has 0 saturated heterocycles. The van der Waals surface area contributed by atoms with Crippen molar-refractivity contribution in [3.05, 3.63) is 48.4 Å². The van der Waals surface area contributed by atoms with Crippen molar-refractivity contribution < 1.29 is 26.5 Å². The summed E-state index contributed by atoms with van der Waals surface area (Å²) in [4.78, 5) is 15.9. The zero-order valence-corrected chi connectivity index (χ0v) is 13.5. The van der Waals surface area contributed by atoms with E-state index in [1.807, 2.05) is 44.6 Å². The van der Waals surface area contributed by atoms with Gasteiger partial charge in [-0.1, -0.05) is 6.92 Å². The first kappa shape index (κ1) is 16.4. The van der Waals surface area contributed by atoms with Gasteiger partial charge in [-0.2, -0.15) is 0 Å². The molecule has 5 heteroatoms. The maximum atomic E-state index is 12.3. The molecule has 0 aliphatic carbocycles. The number of benzene rings is 1. The van der Waals surface area contributed by atoms with Gasteiger partial charge in [-0.05, 0) is 30.2 Å². The van der Waals surface area contributed by atoms with Crippen LogP contribution in [0.1, 0.15) is 22.8 Å². The van der Waals surface area contributed by atoms with Gasteiger partial charge in [0.2, 0.25) is 0 Å². The van der Waals surface area contributed by atoms with E-state index in [-0.39, 0.29) is 22.8 Å². The van der Waals surface area contributed by atoms with Crippen molar-refractivity contribution in [3.63, 3.8) is 0 Å². The van der Waals surface area contributed by atoms with Crippen molar-refractivity contribution in [3.8, 4) is 5.75 Å². The zero-order valence-electron chi connectivity index (χ0n) is 11.9. The summed E-state index contributed by atoms with van der Waals surface area (Å²) >= 11 is 0. The first-order valence-electron chi connectivity index (χ1n) is 6.28. The number of aryl methyl sites for hydroxylation is 1. The van der Waals surface area contributed by atoms with Crippen LogP contribution in [0.15, 0.2) is 30.6 Å². The van der Waals surface area contributed by atoms with Crippen molar-refractivity contribution in [1.82, 2.24) is 9.80 Å². The van der Waals surface area contributed by atoms with Gasteiger partial charge in [-0.25, -0.2) is 0 Å². The molecule has 20 heavy (non-hydrogen) atoms. The fourth-order valence-corrected chi connectivity index (χ4v) is 2.04. The van der Waals surface area contributed by atoms with Crippen LogP contribution in [0.4, 0.5) is 0 Å². The Morgan fingerprint density at radius 2 is 2.10 bits per heavy atom. The molecule has 0 atom stereocenters. The highest BCUT2D eigenvalue weighted by Gasteiger charge is 2.30. The molecule has 1 aromatic carbocycles. The van der Waals surface area contributed by atoms with Crippen LogP contribution in [0.3, 0.4) is 0 Å². The van der Waals surface area contributed by atoms with E-state index in [9.17, 15) is 4.79 Å². The molecule has 4 nitrogen and oxygen atoms in total. The fourth-order valence-electron chi connectivity index (χ4n) is 2.04. The minimum absolute atomic E-state index is 0. The SMILES string of the molecule is CCc1cc(OC)ccc1C(=O)CN1[C+]N(C)C=C1.[Br-]. The van der Waals surface area contributed by atoms with Gasteiger partial charge in [-0.15, -0.1) is 9.80 Å². The lowest BCUT2D eigenvalue weighted by molar-refractivity contribution is -0.0000123. The summed E-state index contributed by atoms with van der Waals surface area (Å²) in [6.07, 6.45) is 4.51. The van der Waals surface area contributed by atoms with E-state index in [1.54, 1.807) is 16.9 Å². The van der Waals surface area contributed by atoms with E-state index < -0.39 is 0 Å². The first-order chi connectivity index (χ1) is 9.13. The van der Waals surface area contributed by atoms with Crippen LogP contribution in [0, 0.1) is 6.67 Å². The van der Waals surface area contributed by atoms with Crippen LogP contribution >= 0.6 is 0 Å². The van der Waals surface area contributed by atoms with E-state index in [4.69, 9.17) is 4.74 Å². The summed E-state index contributed by atoms with van der Waals surface area (Å²) < 4.78 is 5.19. The lowest BCUT2D eigenvalue weighted by Gasteiger charge is -2.09. The number of halogens is 1. The van der Waals surface area contributed by atoms with Crippen molar-refractivity contribution in [2.75, 3.05) is 20.7 Å². The fraction of sp³-hybridized carbons (Fsp3) is 0.333. The average Bonchev–Trinajstić information content (AvgIpc) is 2.83. The van der Waals surface area contributed by atoms with E-state index in [0.29, 0.717) is 6.54 Å². The molecule has 107 valence electrons. The summed E-state index contributed by atoms with van der Waals surface area (Å²) in [5.41, 5.74) is 1.77. The van der Waals surface area contributed by atoms with E-state index in [1.165, 1.54) is 0 Å². The number of nitrogens with zero attached hydrogens (tertiary/aromatic N) is 2. The molecule has 2 rings (SSSR count). The highest BCUT2D eigenvalue weighted by atomic mass is 79.9. The Labute approximate surface area is 130 Å². The molecule has 1 aliphatic rings. The van der Waals surface area contributed by atoms with Gasteiger partial charge in [0, 0.05) is 5.56 Å². The molecule has 1 radical (unpaired) electrons. The number of methoxy groups -OCH3 is 1. The predicted octanol–water partition coefficient (Wildman–Crippen LogP) is -0.841. The Morgan fingerprint density at radius 1 is 1.35 bits per heavy atom. The summed E-state index contributed by atoms with van der Waals surface area (Å²) in [6.45, 7) is 5.37. The van der Waals surface area contributed by atoms with Gasteiger partial charge in [0.25, 0.3) is 0 Å². The van der Waals surface area contributed by atoms with E-state index in [0.717, 1.165) is 23.3 Å². The third-order valence-corrected chi connectivity index (χ3v) is 3.06. The second kappa shape index (κ2) is 7.24. The normalized spacial score (nSPS) is 12.9. The maximum Gasteiger partial charge on any atom is 0.564 e. The number of rotatable bonds is 5. The van der Waals surface area contributed by atoms with Crippen molar-refractivity contribution in [1.29, 1.82) is 0 Å². The third-order valence-electron chi connectivity index (χ3n) is 3.06. The number of ketones is 1. The molecule has 0 saturated carbocycles. The zero-order chi connectivity index (χ0) is 13.8. The molecule has 1 aliphatic heterocycles. The number of ether oxygens (including phenoxy) is 1. The van der Waals surface area contributed by atoms with E-state index in [2.05, 4.69) is 6.67 Å². The molecule has 0 amide bonds. The minimum atomic E-state index is 0. The number of carbonyl (C=O) groups excluding carboxylic acids is 1. The molecule has 0 N–H and O–H groups in total. The average molecular weight is 338 g/mol. The minimum Gasteiger partial charge on any atom is -1.00 e. The number of Topliss-reactive ketones (excluding diaryl/α,β-unsaturated/α-hetero) is 1. The summed E-state index contributed by atoms with van der Waals surface area (Å²) in [6, 6.07) is 5.59. The largest absolute Gasteiger partial charge is 1.00 e. The molecule has 1 aromatic rings. The summed E-state index contributed by atoms with van der Waals surface area (Å²) in [5.74, 6) is 0.874. The summed E-state index contributed by atoms with van der Waals surface area (Å²) in [7, 11) is 3.51. The predicted molar refractivity (Wildman–Crippen MR) is 73.6 cm³/mol. The Balaban J connectivity index is 0.00000200. The van der Waals surface area contributed by atoms with Crippen LogP contribution < -0.4 is 21.7 Å². The monoisotopic (exact) mass is 337 g/mol. The van der Waals surface area contributed by atoms with Crippen molar-refractivity contribution >= 4 is 5.78 Å². The van der Waals surface area contributed by atoms with Gasteiger partial charge in [0.05, 0.1) is 26.6 Å². The molecule has 0 aromatic heterocycles. The summed E-state index contributed by atoms with van der Waals surface area (Å²) in [5, 5.41) is 0. The lowest BCUT2D eigenvalue weighted by Crippen LogP contribution is -3.00. The van der Waals surface area contributed by atoms with E-state index >= 15 is 0 Å². The molecular formula is C15H18BrN2O2. The second-order valence-corrected chi connectivity index (χ2v) is 4.44. The third kappa shape index (κ3) is 3.70. The van der Waals surface area contributed by atoms with Gasteiger partial charge in [0.15, 0.2) is 5.78 Å². The highest BCUT2D eigenvalue weighted by molar-refractivity contribution is 5.99. The molecule has 0 bridgehead atoms. The van der Waals surface area contributed by atoms with Gasteiger partial charge in [0.1, 0.15) is 12.3 Å². The van der Waals surface area contributed by atoms with Gasteiger partial charge >= 0.3 is 6.67 Å². The van der Waals surface area contributed by atoms with Gasteiger partial charge in [-0.3, -0.25) is 4.79 Å². The number of hydrogen-bond acceptors (Lipinski definition) is 4. The lowest BCUT2D eigenvalue weighted by atomic mass is 10.0. The maximum absolute atomic E-state index is 12.3. The van der Waals surface area contributed by atoms with Crippen LogP contribution in [-0.4, -0.2) is 36.3 Å². The number of carbonyl (C=O) groups is 1. The molecular weight excluding hydrogens is 320 g/mol. The standard InChI is InChI=1S/C15H18N2O2.BrH/c1-4-12-9-13(19-3)5-6-14(12)15(18)10-17-8-7-16(2)11-17;/h5-9H,4,10H2,1-3H3;1H/q+1;/p-1. The molecule has 1 heterocycles. The van der Waals surface area contributed by atoms with Crippen molar-refractivity contribution in [2.24, 2.45) is 0 Å². The van der Waals surface area contributed by atoms with Crippen LogP contribution in [0.25, 0.3) is 0 Å². The smallest absolute Gasteiger partial charge is 0.564 e. The Kier molecular flexibility index (Phi) is 5.95. The molecule has 0 unspecified atom stereocenters. The van der Waals surface area contributed by atoms with Gasteiger partial charge < -0.3 is 21.7 Å². The van der Waals surface area contributed by atoms with Crippen LogP contribution in [0.2, 0.25) is 0 Å². The molecule has 0 fully saturated rings. The van der Waals surface area contributed by atoms with Crippen LogP contribution in [-0.2, 0) is 6.42 Å². The Bertz CT molecular complexity index is 503. The molecule has 0 spiro atoms. The number of hydrogen-bond donors (Lipinski definition) is 0. The first-order valence-corrected chi connectivity index (χ1v) is 6.28. The Morgan fingerprint density at radius 3 is 2.65 bits per heavy atom. The highest BCUT2D eigenvalue weighted by Crippen LogP contribution is 2.20. The quantitative estimate of drug-likeness (QED) is 0.518. The second-order valence-electron chi connectivity index (χ2n) is 4.44.